The monoisotopic (exact) mass is 391 g/mol. The topological polar surface area (TPSA) is 79.2 Å². The molecule has 0 unspecified atom stereocenters. The molecule has 1 aliphatic heterocycles. The standard InChI is InChI=1S/C21H25N7O/c1-26-10-5-11-27(13-12-26)20-9-8-17(14-22-20)15-23-21(29)19-16-28(25-24-19)18-6-3-2-4-7-18/h2-4,6-9,14,16H,5,10-13,15H2,1H3,(H,23,29). The summed E-state index contributed by atoms with van der Waals surface area (Å²) in [5.41, 5.74) is 2.09. The van der Waals surface area contributed by atoms with E-state index in [1.54, 1.807) is 10.9 Å². The summed E-state index contributed by atoms with van der Waals surface area (Å²) >= 11 is 0. The van der Waals surface area contributed by atoms with Crippen LogP contribution in [-0.4, -0.2) is 64.0 Å². The normalized spacial score (nSPS) is 15.1. The summed E-state index contributed by atoms with van der Waals surface area (Å²) in [6.07, 6.45) is 4.59. The number of rotatable bonds is 5. The lowest BCUT2D eigenvalue weighted by molar-refractivity contribution is 0.0946. The van der Waals surface area contributed by atoms with Crippen molar-refractivity contribution in [3.05, 3.63) is 66.1 Å². The van der Waals surface area contributed by atoms with E-state index in [1.165, 1.54) is 0 Å². The van der Waals surface area contributed by atoms with E-state index in [0.29, 0.717) is 6.54 Å². The average Bonchev–Trinajstić information content (AvgIpc) is 3.16. The predicted octanol–water partition coefficient (Wildman–Crippen LogP) is 1.73. The van der Waals surface area contributed by atoms with Crippen molar-refractivity contribution in [1.82, 2.24) is 30.2 Å². The molecule has 0 saturated carbocycles. The number of anilines is 1. The molecule has 4 rings (SSSR count). The van der Waals surface area contributed by atoms with Gasteiger partial charge in [0.05, 0.1) is 11.9 Å². The number of benzene rings is 1. The van der Waals surface area contributed by atoms with Gasteiger partial charge in [-0.3, -0.25) is 4.79 Å². The van der Waals surface area contributed by atoms with Crippen molar-refractivity contribution in [3.63, 3.8) is 0 Å². The zero-order valence-corrected chi connectivity index (χ0v) is 16.5. The lowest BCUT2D eigenvalue weighted by atomic mass is 10.2. The van der Waals surface area contributed by atoms with Crippen LogP contribution in [0.5, 0.6) is 0 Å². The Bertz CT molecular complexity index is 939. The highest BCUT2D eigenvalue weighted by Crippen LogP contribution is 2.14. The number of aromatic nitrogens is 4. The van der Waals surface area contributed by atoms with E-state index in [9.17, 15) is 4.79 Å². The van der Waals surface area contributed by atoms with Gasteiger partial charge in [0, 0.05) is 32.4 Å². The molecule has 1 aliphatic rings. The van der Waals surface area contributed by atoms with Crippen LogP contribution in [0.15, 0.2) is 54.9 Å². The van der Waals surface area contributed by atoms with E-state index >= 15 is 0 Å². The van der Waals surface area contributed by atoms with Crippen LogP contribution in [0.1, 0.15) is 22.5 Å². The maximum absolute atomic E-state index is 12.4. The van der Waals surface area contributed by atoms with Gasteiger partial charge in [-0.25, -0.2) is 9.67 Å². The molecule has 0 radical (unpaired) electrons. The van der Waals surface area contributed by atoms with Crippen molar-refractivity contribution in [3.8, 4) is 5.69 Å². The molecule has 29 heavy (non-hydrogen) atoms. The summed E-state index contributed by atoms with van der Waals surface area (Å²) < 4.78 is 1.59. The summed E-state index contributed by atoms with van der Waals surface area (Å²) in [7, 11) is 2.15. The number of hydrogen-bond donors (Lipinski definition) is 1. The highest BCUT2D eigenvalue weighted by molar-refractivity contribution is 5.91. The van der Waals surface area contributed by atoms with Crippen molar-refractivity contribution in [2.75, 3.05) is 38.1 Å². The zero-order valence-electron chi connectivity index (χ0n) is 16.5. The fourth-order valence-electron chi connectivity index (χ4n) is 3.33. The minimum atomic E-state index is -0.258. The Hall–Kier alpha value is -3.26. The van der Waals surface area contributed by atoms with Gasteiger partial charge < -0.3 is 15.1 Å². The minimum Gasteiger partial charge on any atom is -0.355 e. The molecule has 0 aliphatic carbocycles. The van der Waals surface area contributed by atoms with Gasteiger partial charge in [0.2, 0.25) is 0 Å². The molecule has 8 heteroatoms. The number of hydrogen-bond acceptors (Lipinski definition) is 6. The first-order chi connectivity index (χ1) is 14.2. The van der Waals surface area contributed by atoms with Crippen LogP contribution in [0.4, 0.5) is 5.82 Å². The second-order valence-electron chi connectivity index (χ2n) is 7.24. The number of carbonyl (C=O) groups is 1. The summed E-state index contributed by atoms with van der Waals surface area (Å²) in [6, 6.07) is 13.6. The Morgan fingerprint density at radius 2 is 1.93 bits per heavy atom. The van der Waals surface area contributed by atoms with E-state index < -0.39 is 0 Å². The molecule has 1 aromatic carbocycles. The van der Waals surface area contributed by atoms with Crippen LogP contribution in [0.25, 0.3) is 5.69 Å². The van der Waals surface area contributed by atoms with E-state index in [2.05, 4.69) is 37.5 Å². The van der Waals surface area contributed by atoms with Gasteiger partial charge in [-0.1, -0.05) is 29.5 Å². The molecular formula is C21H25N7O. The van der Waals surface area contributed by atoms with Crippen LogP contribution in [0.2, 0.25) is 0 Å². The van der Waals surface area contributed by atoms with Crippen LogP contribution < -0.4 is 10.2 Å². The SMILES string of the molecule is CN1CCCN(c2ccc(CNC(=O)c3cn(-c4ccccc4)nn3)cn2)CC1. The molecule has 3 aromatic rings. The Morgan fingerprint density at radius 3 is 2.72 bits per heavy atom. The maximum Gasteiger partial charge on any atom is 0.273 e. The van der Waals surface area contributed by atoms with Gasteiger partial charge >= 0.3 is 0 Å². The smallest absolute Gasteiger partial charge is 0.273 e. The summed E-state index contributed by atoms with van der Waals surface area (Å²) in [5, 5.41) is 10.9. The number of nitrogens with one attached hydrogen (secondary N) is 1. The van der Waals surface area contributed by atoms with E-state index in [4.69, 9.17) is 0 Å². The third-order valence-corrected chi connectivity index (χ3v) is 5.05. The van der Waals surface area contributed by atoms with E-state index in [0.717, 1.165) is 49.7 Å². The highest BCUT2D eigenvalue weighted by Gasteiger charge is 2.14. The summed E-state index contributed by atoms with van der Waals surface area (Å²) in [6.45, 7) is 4.56. The molecule has 150 valence electrons. The quantitative estimate of drug-likeness (QED) is 0.714. The molecule has 1 amide bonds. The van der Waals surface area contributed by atoms with Gasteiger partial charge in [-0.2, -0.15) is 0 Å². The van der Waals surface area contributed by atoms with E-state index in [-0.39, 0.29) is 11.6 Å². The largest absolute Gasteiger partial charge is 0.355 e. The van der Waals surface area contributed by atoms with Crippen molar-refractivity contribution < 1.29 is 4.79 Å². The van der Waals surface area contributed by atoms with Crippen molar-refractivity contribution in [2.24, 2.45) is 0 Å². The Balaban J connectivity index is 1.33. The van der Waals surface area contributed by atoms with Gasteiger partial charge in [0.25, 0.3) is 5.91 Å². The fraction of sp³-hybridized carbons (Fsp3) is 0.333. The van der Waals surface area contributed by atoms with Gasteiger partial charge in [0.15, 0.2) is 5.69 Å². The van der Waals surface area contributed by atoms with Crippen LogP contribution >= 0.6 is 0 Å². The number of nitrogens with zero attached hydrogens (tertiary/aromatic N) is 6. The minimum absolute atomic E-state index is 0.258. The number of amides is 1. The third-order valence-electron chi connectivity index (χ3n) is 5.05. The zero-order chi connectivity index (χ0) is 20.1. The second-order valence-corrected chi connectivity index (χ2v) is 7.24. The molecule has 2 aromatic heterocycles. The van der Waals surface area contributed by atoms with Crippen molar-refractivity contribution in [1.29, 1.82) is 0 Å². The van der Waals surface area contributed by atoms with Crippen molar-refractivity contribution >= 4 is 11.7 Å². The Morgan fingerprint density at radius 1 is 1.07 bits per heavy atom. The average molecular weight is 391 g/mol. The number of para-hydroxylation sites is 1. The molecule has 3 heterocycles. The van der Waals surface area contributed by atoms with Crippen LogP contribution in [-0.2, 0) is 6.54 Å². The van der Waals surface area contributed by atoms with Gasteiger partial charge in [-0.15, -0.1) is 5.10 Å². The molecule has 0 bridgehead atoms. The molecule has 1 N–H and O–H groups in total. The summed E-state index contributed by atoms with van der Waals surface area (Å²) in [4.78, 5) is 21.6. The molecule has 0 spiro atoms. The Kier molecular flexibility index (Phi) is 5.81. The number of carbonyl (C=O) groups excluding carboxylic acids is 1. The van der Waals surface area contributed by atoms with Crippen LogP contribution in [0, 0.1) is 0 Å². The lowest BCUT2D eigenvalue weighted by Gasteiger charge is -2.21. The number of pyridine rings is 1. The first-order valence-corrected chi connectivity index (χ1v) is 9.83. The fourth-order valence-corrected chi connectivity index (χ4v) is 3.33. The highest BCUT2D eigenvalue weighted by atomic mass is 16.2. The second kappa shape index (κ2) is 8.83. The first-order valence-electron chi connectivity index (χ1n) is 9.83. The van der Waals surface area contributed by atoms with Crippen molar-refractivity contribution in [2.45, 2.75) is 13.0 Å². The molecule has 1 saturated heterocycles. The molecular weight excluding hydrogens is 366 g/mol. The van der Waals surface area contributed by atoms with E-state index in [1.807, 2.05) is 48.7 Å². The maximum atomic E-state index is 12.4. The molecule has 0 atom stereocenters. The molecule has 1 fully saturated rings. The summed E-state index contributed by atoms with van der Waals surface area (Å²) in [5.74, 6) is 0.730. The number of likely N-dealkylation sites (N-methyl/N-ethyl adjacent to an activating group) is 1. The Labute approximate surface area is 170 Å². The first kappa shape index (κ1) is 19.1. The van der Waals surface area contributed by atoms with Gasteiger partial charge in [-0.05, 0) is 43.8 Å². The van der Waals surface area contributed by atoms with Gasteiger partial charge in [0.1, 0.15) is 5.82 Å². The van der Waals surface area contributed by atoms with Crippen LogP contribution in [0.3, 0.4) is 0 Å². The third kappa shape index (κ3) is 4.78. The predicted molar refractivity (Wildman–Crippen MR) is 111 cm³/mol. The molecule has 8 nitrogen and oxygen atoms in total. The lowest BCUT2D eigenvalue weighted by Crippen LogP contribution is -2.29.